The van der Waals surface area contributed by atoms with Gasteiger partial charge in [0.25, 0.3) is 11.8 Å². The van der Waals surface area contributed by atoms with E-state index in [-0.39, 0.29) is 29.5 Å². The zero-order chi connectivity index (χ0) is 24.2. The third-order valence-electron chi connectivity index (χ3n) is 6.15. The van der Waals surface area contributed by atoms with Crippen LogP contribution in [0.1, 0.15) is 59.9 Å². The van der Waals surface area contributed by atoms with Crippen molar-refractivity contribution < 1.29 is 22.8 Å². The van der Waals surface area contributed by atoms with E-state index < -0.39 is 11.7 Å². The molecule has 1 aliphatic rings. The summed E-state index contributed by atoms with van der Waals surface area (Å²) in [5, 5.41) is 5.96. The number of hydrogen-bond acceptors (Lipinski definition) is 3. The Morgan fingerprint density at radius 1 is 0.939 bits per heavy atom. The highest BCUT2D eigenvalue weighted by atomic mass is 19.4. The van der Waals surface area contributed by atoms with Crippen LogP contribution in [-0.4, -0.2) is 37.0 Å². The van der Waals surface area contributed by atoms with Gasteiger partial charge in [0.1, 0.15) is 0 Å². The quantitative estimate of drug-likeness (QED) is 0.645. The van der Waals surface area contributed by atoms with Crippen molar-refractivity contribution in [3.05, 3.63) is 65.2 Å². The van der Waals surface area contributed by atoms with Crippen LogP contribution in [0.4, 0.5) is 18.9 Å². The Balaban J connectivity index is 1.59. The third kappa shape index (κ3) is 6.27. The number of alkyl halides is 3. The Bertz CT molecular complexity index is 966. The molecule has 2 amide bonds. The number of piperidine rings is 1. The minimum absolute atomic E-state index is 0.0525. The van der Waals surface area contributed by atoms with Crippen molar-refractivity contribution in [3.8, 4) is 0 Å². The normalized spacial score (nSPS) is 15.9. The number of carbonyl (C=O) groups excluding carboxylic acids is 2. The number of amides is 2. The monoisotopic (exact) mass is 461 g/mol. The summed E-state index contributed by atoms with van der Waals surface area (Å²) in [5.74, 6) is -0.167. The fourth-order valence-electron chi connectivity index (χ4n) is 3.74. The molecule has 0 radical (unpaired) electrons. The standard InChI is InChI=1S/C25H30F3N3O2/c1-16(2)17(3)29-24(33)21-6-4-5-7-22(21)31-14-12-20(13-15-31)30-23(32)18-8-10-19(11-9-18)25(26,27)28/h4-11,16-17,20H,12-15H2,1-3H3,(H,29,33)(H,30,32). The van der Waals surface area contributed by atoms with Crippen molar-refractivity contribution >= 4 is 17.5 Å². The first-order valence-corrected chi connectivity index (χ1v) is 11.2. The van der Waals surface area contributed by atoms with Crippen molar-refractivity contribution in [1.29, 1.82) is 0 Å². The van der Waals surface area contributed by atoms with Gasteiger partial charge in [0.2, 0.25) is 0 Å². The van der Waals surface area contributed by atoms with Gasteiger partial charge in [0.05, 0.1) is 11.1 Å². The first kappa shape index (κ1) is 24.6. The van der Waals surface area contributed by atoms with E-state index in [1.807, 2.05) is 31.2 Å². The predicted molar refractivity (Wildman–Crippen MR) is 122 cm³/mol. The zero-order valence-corrected chi connectivity index (χ0v) is 19.1. The number of para-hydroxylation sites is 1. The lowest BCUT2D eigenvalue weighted by molar-refractivity contribution is -0.137. The molecule has 1 unspecified atom stereocenters. The first-order chi connectivity index (χ1) is 15.6. The Labute approximate surface area is 192 Å². The van der Waals surface area contributed by atoms with Crippen LogP contribution in [-0.2, 0) is 6.18 Å². The van der Waals surface area contributed by atoms with E-state index >= 15 is 0 Å². The van der Waals surface area contributed by atoms with Crippen molar-refractivity contribution in [2.24, 2.45) is 5.92 Å². The van der Waals surface area contributed by atoms with Gasteiger partial charge in [-0.05, 0) is 62.1 Å². The molecule has 2 N–H and O–H groups in total. The molecule has 33 heavy (non-hydrogen) atoms. The highest BCUT2D eigenvalue weighted by Crippen LogP contribution is 2.29. The summed E-state index contributed by atoms with van der Waals surface area (Å²) in [6.45, 7) is 7.40. The zero-order valence-electron chi connectivity index (χ0n) is 19.1. The molecule has 0 aromatic heterocycles. The van der Waals surface area contributed by atoms with E-state index in [1.165, 1.54) is 12.1 Å². The molecular formula is C25H30F3N3O2. The molecule has 0 spiro atoms. The number of carbonyl (C=O) groups is 2. The molecule has 2 aromatic rings. The second-order valence-electron chi connectivity index (χ2n) is 8.83. The Morgan fingerprint density at radius 3 is 2.12 bits per heavy atom. The lowest BCUT2D eigenvalue weighted by Gasteiger charge is -2.35. The molecule has 0 aliphatic carbocycles. The van der Waals surface area contributed by atoms with Crippen LogP contribution < -0.4 is 15.5 Å². The van der Waals surface area contributed by atoms with Gasteiger partial charge < -0.3 is 15.5 Å². The number of nitrogens with zero attached hydrogens (tertiary/aromatic N) is 1. The highest BCUT2D eigenvalue weighted by Gasteiger charge is 2.30. The van der Waals surface area contributed by atoms with Crippen LogP contribution in [0, 0.1) is 5.92 Å². The van der Waals surface area contributed by atoms with E-state index in [4.69, 9.17) is 0 Å². The SMILES string of the molecule is CC(C)C(C)NC(=O)c1ccccc1N1CCC(NC(=O)c2ccc(C(F)(F)F)cc2)CC1. The van der Waals surface area contributed by atoms with Crippen LogP contribution in [0.2, 0.25) is 0 Å². The van der Waals surface area contributed by atoms with E-state index in [2.05, 4.69) is 29.4 Å². The van der Waals surface area contributed by atoms with Gasteiger partial charge in [-0.25, -0.2) is 0 Å². The maximum Gasteiger partial charge on any atom is 0.416 e. The van der Waals surface area contributed by atoms with Crippen LogP contribution in [0.15, 0.2) is 48.5 Å². The van der Waals surface area contributed by atoms with Crippen molar-refractivity contribution in [2.45, 2.75) is 51.9 Å². The molecule has 1 heterocycles. The molecular weight excluding hydrogens is 431 g/mol. The van der Waals surface area contributed by atoms with Crippen molar-refractivity contribution in [1.82, 2.24) is 10.6 Å². The predicted octanol–water partition coefficient (Wildman–Crippen LogP) is 4.88. The lowest BCUT2D eigenvalue weighted by Crippen LogP contribution is -2.45. The first-order valence-electron chi connectivity index (χ1n) is 11.2. The molecule has 178 valence electrons. The molecule has 1 atom stereocenters. The van der Waals surface area contributed by atoms with Gasteiger partial charge in [-0.1, -0.05) is 26.0 Å². The van der Waals surface area contributed by atoms with E-state index in [1.54, 1.807) is 0 Å². The minimum Gasteiger partial charge on any atom is -0.371 e. The maximum atomic E-state index is 12.8. The summed E-state index contributed by atoms with van der Waals surface area (Å²) in [7, 11) is 0. The molecule has 1 saturated heterocycles. The summed E-state index contributed by atoms with van der Waals surface area (Å²) >= 11 is 0. The van der Waals surface area contributed by atoms with E-state index in [0.717, 1.165) is 17.8 Å². The largest absolute Gasteiger partial charge is 0.416 e. The topological polar surface area (TPSA) is 61.4 Å². The summed E-state index contributed by atoms with van der Waals surface area (Å²) in [6.07, 6.45) is -3.09. The minimum atomic E-state index is -4.43. The van der Waals surface area contributed by atoms with Gasteiger partial charge in [0.15, 0.2) is 0 Å². The van der Waals surface area contributed by atoms with Crippen molar-refractivity contribution in [2.75, 3.05) is 18.0 Å². The smallest absolute Gasteiger partial charge is 0.371 e. The lowest BCUT2D eigenvalue weighted by atomic mass is 10.0. The maximum absolute atomic E-state index is 12.8. The van der Waals surface area contributed by atoms with Gasteiger partial charge in [0, 0.05) is 36.4 Å². The Hall–Kier alpha value is -3.03. The fourth-order valence-corrected chi connectivity index (χ4v) is 3.74. The molecule has 0 bridgehead atoms. The molecule has 1 fully saturated rings. The van der Waals surface area contributed by atoms with Gasteiger partial charge in [-0.3, -0.25) is 9.59 Å². The summed E-state index contributed by atoms with van der Waals surface area (Å²) in [6, 6.07) is 11.7. The second kappa shape index (κ2) is 10.3. The summed E-state index contributed by atoms with van der Waals surface area (Å²) in [5.41, 5.74) is 0.903. The van der Waals surface area contributed by atoms with Gasteiger partial charge >= 0.3 is 6.18 Å². The average Bonchev–Trinajstić information content (AvgIpc) is 2.79. The summed E-state index contributed by atoms with van der Waals surface area (Å²) in [4.78, 5) is 27.4. The van der Waals surface area contributed by atoms with Gasteiger partial charge in [-0.2, -0.15) is 13.2 Å². The third-order valence-corrected chi connectivity index (χ3v) is 6.15. The van der Waals surface area contributed by atoms with Crippen molar-refractivity contribution in [3.63, 3.8) is 0 Å². The average molecular weight is 462 g/mol. The highest BCUT2D eigenvalue weighted by molar-refractivity contribution is 6.00. The molecule has 1 aliphatic heterocycles. The van der Waals surface area contributed by atoms with Crippen LogP contribution in [0.3, 0.4) is 0 Å². The second-order valence-corrected chi connectivity index (χ2v) is 8.83. The number of hydrogen-bond donors (Lipinski definition) is 2. The molecule has 8 heteroatoms. The Kier molecular flexibility index (Phi) is 7.66. The number of rotatable bonds is 6. The van der Waals surface area contributed by atoms with E-state index in [9.17, 15) is 22.8 Å². The van der Waals surface area contributed by atoms with Crippen LogP contribution >= 0.6 is 0 Å². The van der Waals surface area contributed by atoms with Crippen LogP contribution in [0.25, 0.3) is 0 Å². The van der Waals surface area contributed by atoms with E-state index in [0.29, 0.717) is 37.4 Å². The summed E-state index contributed by atoms with van der Waals surface area (Å²) < 4.78 is 38.1. The molecule has 5 nitrogen and oxygen atoms in total. The van der Waals surface area contributed by atoms with Crippen LogP contribution in [0.5, 0.6) is 0 Å². The number of halogens is 3. The number of nitrogens with one attached hydrogen (secondary N) is 2. The molecule has 0 saturated carbocycles. The Morgan fingerprint density at radius 2 is 1.55 bits per heavy atom. The molecule has 3 rings (SSSR count). The van der Waals surface area contributed by atoms with Gasteiger partial charge in [-0.15, -0.1) is 0 Å². The number of benzene rings is 2. The fraction of sp³-hybridized carbons (Fsp3) is 0.440. The molecule has 2 aromatic carbocycles. The number of anilines is 1.